The zero-order valence-electron chi connectivity index (χ0n) is 21.7. The van der Waals surface area contributed by atoms with Gasteiger partial charge in [0.25, 0.3) is 0 Å². The molecule has 2 aromatic carbocycles. The molecule has 0 aliphatic heterocycles. The second-order valence-corrected chi connectivity index (χ2v) is 10.2. The van der Waals surface area contributed by atoms with Crippen molar-refractivity contribution in [2.45, 2.75) is 63.6 Å². The van der Waals surface area contributed by atoms with Crippen molar-refractivity contribution in [2.24, 2.45) is 11.8 Å². The summed E-state index contributed by atoms with van der Waals surface area (Å²) < 4.78 is 41.6. The molecule has 1 amide bonds. The van der Waals surface area contributed by atoms with E-state index in [4.69, 9.17) is 9.47 Å². The van der Waals surface area contributed by atoms with Gasteiger partial charge in [-0.25, -0.2) is 13.8 Å². The third-order valence-electron chi connectivity index (χ3n) is 7.66. The Morgan fingerprint density at radius 2 is 1.82 bits per heavy atom. The third-order valence-corrected chi connectivity index (χ3v) is 7.66. The van der Waals surface area contributed by atoms with Gasteiger partial charge < -0.3 is 19.4 Å². The molecule has 202 valence electrons. The second kappa shape index (κ2) is 11.2. The Hall–Kier alpha value is -3.33. The Bertz CT molecular complexity index is 1310. The summed E-state index contributed by atoms with van der Waals surface area (Å²) in [4.78, 5) is 31.3. The molecule has 1 aromatic heterocycles. The van der Waals surface area contributed by atoms with Gasteiger partial charge in [-0.1, -0.05) is 49.6 Å². The van der Waals surface area contributed by atoms with Crippen LogP contribution < -0.4 is 5.32 Å². The third kappa shape index (κ3) is 5.16. The van der Waals surface area contributed by atoms with Crippen LogP contribution in [0.25, 0.3) is 11.0 Å². The van der Waals surface area contributed by atoms with E-state index in [1.165, 1.54) is 7.11 Å². The summed E-state index contributed by atoms with van der Waals surface area (Å²) in [6.45, 7) is 1.98. The van der Waals surface area contributed by atoms with Crippen LogP contribution in [0.3, 0.4) is 0 Å². The molecule has 0 saturated heterocycles. The average Bonchev–Trinajstić information content (AvgIpc) is 3.63. The number of halogens is 2. The molecule has 7 nitrogen and oxygen atoms in total. The maximum atomic E-state index is 14.6. The van der Waals surface area contributed by atoms with Gasteiger partial charge in [0.2, 0.25) is 5.91 Å². The molecule has 9 heteroatoms. The summed E-state index contributed by atoms with van der Waals surface area (Å²) in [5.41, 5.74) is 1.26. The molecule has 0 spiro atoms. The van der Waals surface area contributed by atoms with Gasteiger partial charge in [0.05, 0.1) is 23.6 Å². The lowest BCUT2D eigenvalue weighted by Gasteiger charge is -2.28. The number of rotatable bonds is 9. The van der Waals surface area contributed by atoms with Crippen LogP contribution in [0.5, 0.6) is 0 Å². The summed E-state index contributed by atoms with van der Waals surface area (Å²) in [5.74, 6) is -3.19. The van der Waals surface area contributed by atoms with Crippen LogP contribution in [0, 0.1) is 23.5 Å². The monoisotopic (exact) mass is 525 g/mol. The Balaban J connectivity index is 1.64. The SMILES string of the molecule is CCOC(=O)C1CC1C(C(=O)NC1CCCCC1)n1c([C@@H](OC)c2ccccc2)nc2cc(F)c(F)cc21. The van der Waals surface area contributed by atoms with Crippen LogP contribution in [0.1, 0.15) is 69.0 Å². The molecule has 2 aliphatic rings. The van der Waals surface area contributed by atoms with Gasteiger partial charge >= 0.3 is 5.97 Å². The number of amides is 1. The molecule has 0 radical (unpaired) electrons. The maximum absolute atomic E-state index is 14.6. The van der Waals surface area contributed by atoms with Crippen molar-refractivity contribution in [3.8, 4) is 0 Å². The number of carbonyl (C=O) groups is 2. The first-order valence-corrected chi connectivity index (χ1v) is 13.3. The van der Waals surface area contributed by atoms with Crippen molar-refractivity contribution < 1.29 is 27.8 Å². The van der Waals surface area contributed by atoms with E-state index >= 15 is 0 Å². The van der Waals surface area contributed by atoms with Crippen LogP contribution in [0.4, 0.5) is 8.78 Å². The lowest BCUT2D eigenvalue weighted by Crippen LogP contribution is -2.42. The van der Waals surface area contributed by atoms with E-state index in [2.05, 4.69) is 10.3 Å². The topological polar surface area (TPSA) is 82.5 Å². The molecular weight excluding hydrogens is 492 g/mol. The Morgan fingerprint density at radius 1 is 1.11 bits per heavy atom. The molecule has 3 aromatic rings. The van der Waals surface area contributed by atoms with E-state index in [0.717, 1.165) is 49.8 Å². The Kier molecular flexibility index (Phi) is 7.74. The molecule has 1 heterocycles. The number of nitrogens with zero attached hydrogens (tertiary/aromatic N) is 2. The first-order chi connectivity index (χ1) is 18.4. The van der Waals surface area contributed by atoms with Gasteiger partial charge in [-0.2, -0.15) is 0 Å². The van der Waals surface area contributed by atoms with Crippen molar-refractivity contribution in [2.75, 3.05) is 13.7 Å². The number of carbonyl (C=O) groups excluding carboxylic acids is 2. The van der Waals surface area contributed by atoms with Crippen molar-refractivity contribution in [3.63, 3.8) is 0 Å². The molecule has 4 atom stereocenters. The summed E-state index contributed by atoms with van der Waals surface area (Å²) in [6, 6.07) is 10.6. The standard InChI is InChI=1S/C29H33F2N3O4/c1-3-38-29(36)20-14-19(20)25(28(35)32-18-12-8-5-9-13-18)34-24-16-22(31)21(30)15-23(24)33-27(34)26(37-2)17-10-6-4-7-11-17/h4,6-7,10-11,15-16,18-20,25-26H,3,5,8-9,12-14H2,1-2H3,(H,32,35)/t19?,20?,25?,26-/m0/s1. The van der Waals surface area contributed by atoms with E-state index in [1.807, 2.05) is 30.3 Å². The molecular formula is C29H33F2N3O4. The van der Waals surface area contributed by atoms with Crippen molar-refractivity contribution in [3.05, 3.63) is 65.5 Å². The van der Waals surface area contributed by atoms with Crippen LogP contribution in [-0.4, -0.2) is 41.2 Å². The van der Waals surface area contributed by atoms with Gasteiger partial charge in [0, 0.05) is 31.2 Å². The molecule has 1 N–H and O–H groups in total. The molecule has 2 aliphatic carbocycles. The van der Waals surface area contributed by atoms with Gasteiger partial charge in [-0.3, -0.25) is 9.59 Å². The van der Waals surface area contributed by atoms with Crippen molar-refractivity contribution >= 4 is 22.9 Å². The van der Waals surface area contributed by atoms with E-state index in [1.54, 1.807) is 11.5 Å². The highest BCUT2D eigenvalue weighted by molar-refractivity contribution is 5.87. The molecule has 0 bridgehead atoms. The van der Waals surface area contributed by atoms with Crippen LogP contribution in [0.2, 0.25) is 0 Å². The molecule has 3 unspecified atom stereocenters. The average molecular weight is 526 g/mol. The first-order valence-electron chi connectivity index (χ1n) is 13.3. The van der Waals surface area contributed by atoms with E-state index < -0.39 is 29.7 Å². The first kappa shape index (κ1) is 26.3. The fourth-order valence-electron chi connectivity index (χ4n) is 5.73. The van der Waals surface area contributed by atoms with E-state index in [-0.39, 0.29) is 41.5 Å². The number of hydrogen-bond donors (Lipinski definition) is 1. The normalized spacial score (nSPS) is 21.2. The predicted octanol–water partition coefficient (Wildman–Crippen LogP) is 5.24. The minimum Gasteiger partial charge on any atom is -0.466 e. The van der Waals surface area contributed by atoms with E-state index in [9.17, 15) is 18.4 Å². The highest BCUT2D eigenvalue weighted by atomic mass is 19.2. The number of ether oxygens (including phenoxy) is 2. The number of benzene rings is 2. The van der Waals surface area contributed by atoms with E-state index in [0.29, 0.717) is 12.2 Å². The summed E-state index contributed by atoms with van der Waals surface area (Å²) in [6.07, 6.45) is 4.71. The summed E-state index contributed by atoms with van der Waals surface area (Å²) in [5, 5.41) is 3.19. The minimum absolute atomic E-state index is 0.0262. The van der Waals surface area contributed by atoms with Gasteiger partial charge in [-0.05, 0) is 31.7 Å². The number of fused-ring (bicyclic) bond motifs is 1. The number of imidazole rings is 1. The lowest BCUT2D eigenvalue weighted by molar-refractivity contribution is -0.145. The number of hydrogen-bond acceptors (Lipinski definition) is 5. The predicted molar refractivity (Wildman–Crippen MR) is 137 cm³/mol. The number of methoxy groups -OCH3 is 1. The van der Waals surface area contributed by atoms with Crippen molar-refractivity contribution in [1.29, 1.82) is 0 Å². The Labute approximate surface area is 220 Å². The fourth-order valence-corrected chi connectivity index (χ4v) is 5.73. The largest absolute Gasteiger partial charge is 0.466 e. The zero-order chi connectivity index (χ0) is 26.8. The highest BCUT2D eigenvalue weighted by Crippen LogP contribution is 2.49. The summed E-state index contributed by atoms with van der Waals surface area (Å²) >= 11 is 0. The van der Waals surface area contributed by atoms with Gasteiger partial charge in [0.1, 0.15) is 18.0 Å². The smallest absolute Gasteiger partial charge is 0.309 e. The zero-order valence-corrected chi connectivity index (χ0v) is 21.7. The highest BCUT2D eigenvalue weighted by Gasteiger charge is 2.53. The molecule has 5 rings (SSSR count). The second-order valence-electron chi connectivity index (χ2n) is 10.2. The van der Waals surface area contributed by atoms with Crippen LogP contribution in [-0.2, 0) is 19.1 Å². The van der Waals surface area contributed by atoms with Crippen molar-refractivity contribution in [1.82, 2.24) is 14.9 Å². The fraction of sp³-hybridized carbons (Fsp3) is 0.483. The van der Waals surface area contributed by atoms with Crippen LogP contribution in [0.15, 0.2) is 42.5 Å². The van der Waals surface area contributed by atoms with Crippen LogP contribution >= 0.6 is 0 Å². The number of nitrogens with one attached hydrogen (secondary N) is 1. The number of esters is 1. The molecule has 38 heavy (non-hydrogen) atoms. The van der Waals surface area contributed by atoms with Gasteiger partial charge in [-0.15, -0.1) is 0 Å². The quantitative estimate of drug-likeness (QED) is 0.387. The molecule has 2 saturated carbocycles. The van der Waals surface area contributed by atoms with Gasteiger partial charge in [0.15, 0.2) is 11.6 Å². The lowest BCUT2D eigenvalue weighted by atomic mass is 9.95. The maximum Gasteiger partial charge on any atom is 0.309 e. The summed E-state index contributed by atoms with van der Waals surface area (Å²) in [7, 11) is 1.53. The molecule has 2 fully saturated rings. The Morgan fingerprint density at radius 3 is 2.50 bits per heavy atom. The minimum atomic E-state index is -1.04. The number of aromatic nitrogens is 2.